The van der Waals surface area contributed by atoms with Gasteiger partial charge in [0.25, 0.3) is 0 Å². The number of rotatable bonds is 5. The maximum Gasteiger partial charge on any atom is 0.211 e. The summed E-state index contributed by atoms with van der Waals surface area (Å²) in [4.78, 5) is 8.95. The van der Waals surface area contributed by atoms with Gasteiger partial charge in [0.1, 0.15) is 5.69 Å². The first-order valence-electron chi connectivity index (χ1n) is 7.82. The fourth-order valence-corrected chi connectivity index (χ4v) is 4.25. The van der Waals surface area contributed by atoms with E-state index in [9.17, 15) is 8.42 Å². The average Bonchev–Trinajstić information content (AvgIpc) is 3.16. The quantitative estimate of drug-likeness (QED) is 0.833. The maximum absolute atomic E-state index is 12.0. The Balaban J connectivity index is 2.06. The highest BCUT2D eigenvalue weighted by molar-refractivity contribution is 7.88. The molecule has 3 heterocycles. The second-order valence-electron chi connectivity index (χ2n) is 5.76. The Kier molecular flexibility index (Phi) is 4.45. The molecule has 2 aromatic heterocycles. The highest BCUT2D eigenvalue weighted by Crippen LogP contribution is 2.36. The van der Waals surface area contributed by atoms with Crippen LogP contribution in [0.4, 0.5) is 0 Å². The Labute approximate surface area is 136 Å². The molecule has 8 heteroatoms. The van der Waals surface area contributed by atoms with E-state index in [1.807, 2.05) is 10.7 Å². The largest absolute Gasteiger partial charge is 0.263 e. The summed E-state index contributed by atoms with van der Waals surface area (Å²) in [5.41, 5.74) is 2.32. The lowest BCUT2D eigenvalue weighted by Crippen LogP contribution is -2.30. The lowest BCUT2D eigenvalue weighted by atomic mass is 10.1. The van der Waals surface area contributed by atoms with E-state index in [4.69, 9.17) is 0 Å². The van der Waals surface area contributed by atoms with Gasteiger partial charge in [0.2, 0.25) is 10.0 Å². The minimum Gasteiger partial charge on any atom is -0.263 e. The summed E-state index contributed by atoms with van der Waals surface area (Å²) < 4.78 is 27.5. The van der Waals surface area contributed by atoms with Crippen LogP contribution in [-0.2, 0) is 16.6 Å². The topological polar surface area (TPSA) is 81.0 Å². The van der Waals surface area contributed by atoms with Crippen LogP contribution in [0.3, 0.4) is 0 Å². The van der Waals surface area contributed by atoms with Crippen molar-refractivity contribution in [2.24, 2.45) is 0 Å². The van der Waals surface area contributed by atoms with E-state index in [1.165, 1.54) is 10.6 Å². The predicted octanol–water partition coefficient (Wildman–Crippen LogP) is 1.85. The van der Waals surface area contributed by atoms with E-state index in [-0.39, 0.29) is 6.04 Å². The van der Waals surface area contributed by atoms with Crippen molar-refractivity contribution in [1.29, 1.82) is 0 Å². The van der Waals surface area contributed by atoms with E-state index >= 15 is 0 Å². The van der Waals surface area contributed by atoms with Crippen molar-refractivity contribution in [3.05, 3.63) is 30.4 Å². The second kappa shape index (κ2) is 6.37. The molecule has 0 spiro atoms. The number of nitrogens with zero attached hydrogens (tertiary/aromatic N) is 5. The van der Waals surface area contributed by atoms with Crippen LogP contribution >= 0.6 is 0 Å². The van der Waals surface area contributed by atoms with Crippen LogP contribution in [0.15, 0.2) is 24.7 Å². The van der Waals surface area contributed by atoms with Gasteiger partial charge in [-0.15, -0.1) is 0 Å². The molecule has 23 heavy (non-hydrogen) atoms. The van der Waals surface area contributed by atoms with Crippen LogP contribution in [0.25, 0.3) is 11.4 Å². The number of sulfonamides is 1. The minimum absolute atomic E-state index is 0.251. The molecule has 2 aromatic rings. The molecule has 1 saturated heterocycles. The summed E-state index contributed by atoms with van der Waals surface area (Å²) >= 11 is 0. The van der Waals surface area contributed by atoms with Crippen LogP contribution in [-0.4, -0.2) is 45.3 Å². The molecule has 1 aliphatic rings. The maximum atomic E-state index is 12.0. The lowest BCUT2D eigenvalue weighted by Gasteiger charge is -2.23. The third kappa shape index (κ3) is 3.13. The lowest BCUT2D eigenvalue weighted by molar-refractivity contribution is 0.394. The van der Waals surface area contributed by atoms with Gasteiger partial charge in [-0.3, -0.25) is 14.6 Å². The molecule has 0 aliphatic carbocycles. The first-order valence-corrected chi connectivity index (χ1v) is 9.67. The van der Waals surface area contributed by atoms with Crippen molar-refractivity contribution in [2.45, 2.75) is 38.8 Å². The summed E-state index contributed by atoms with van der Waals surface area (Å²) in [6, 6.07) is 1.65. The van der Waals surface area contributed by atoms with E-state index < -0.39 is 10.0 Å². The van der Waals surface area contributed by atoms with Crippen LogP contribution in [0.5, 0.6) is 0 Å². The zero-order valence-electron chi connectivity index (χ0n) is 13.4. The fourth-order valence-electron chi connectivity index (χ4n) is 3.12. The van der Waals surface area contributed by atoms with Gasteiger partial charge in [-0.1, -0.05) is 6.92 Å². The fraction of sp³-hybridized carbons (Fsp3) is 0.533. The molecule has 0 saturated carbocycles. The third-order valence-electron chi connectivity index (χ3n) is 4.07. The van der Waals surface area contributed by atoms with Gasteiger partial charge >= 0.3 is 0 Å². The minimum atomic E-state index is -3.26. The van der Waals surface area contributed by atoms with E-state index in [1.54, 1.807) is 18.6 Å². The highest BCUT2D eigenvalue weighted by atomic mass is 32.2. The monoisotopic (exact) mass is 335 g/mol. The Morgan fingerprint density at radius 1 is 1.26 bits per heavy atom. The van der Waals surface area contributed by atoms with Gasteiger partial charge < -0.3 is 0 Å². The van der Waals surface area contributed by atoms with E-state index in [0.717, 1.165) is 37.2 Å². The van der Waals surface area contributed by atoms with E-state index in [0.29, 0.717) is 12.2 Å². The molecule has 0 bridgehead atoms. The van der Waals surface area contributed by atoms with Crippen molar-refractivity contribution < 1.29 is 8.42 Å². The second-order valence-corrected chi connectivity index (χ2v) is 7.70. The molecule has 0 aromatic carbocycles. The molecule has 1 fully saturated rings. The molecule has 124 valence electrons. The molecule has 0 radical (unpaired) electrons. The van der Waals surface area contributed by atoms with Gasteiger partial charge in [-0.05, 0) is 25.3 Å². The third-order valence-corrected chi connectivity index (χ3v) is 5.36. The van der Waals surface area contributed by atoms with E-state index in [2.05, 4.69) is 22.0 Å². The molecule has 1 aliphatic heterocycles. The molecular formula is C15H21N5O2S. The summed E-state index contributed by atoms with van der Waals surface area (Å²) in [7, 11) is -3.26. The smallest absolute Gasteiger partial charge is 0.211 e. The SMILES string of the molecule is CCCn1nccc1-c1nccnc1[C@H]1CCCN1S(C)(=O)=O. The Morgan fingerprint density at radius 3 is 2.78 bits per heavy atom. The highest BCUT2D eigenvalue weighted by Gasteiger charge is 2.35. The molecule has 7 nitrogen and oxygen atoms in total. The van der Waals surface area contributed by atoms with Crippen molar-refractivity contribution in [1.82, 2.24) is 24.1 Å². The summed E-state index contributed by atoms with van der Waals surface area (Å²) in [5.74, 6) is 0. The predicted molar refractivity (Wildman–Crippen MR) is 87.1 cm³/mol. The molecule has 1 atom stereocenters. The van der Waals surface area contributed by atoms with Crippen molar-refractivity contribution in [3.8, 4) is 11.4 Å². The van der Waals surface area contributed by atoms with Crippen molar-refractivity contribution in [2.75, 3.05) is 12.8 Å². The summed E-state index contributed by atoms with van der Waals surface area (Å²) in [6.45, 7) is 3.41. The van der Waals surface area contributed by atoms with Crippen LogP contribution < -0.4 is 0 Å². The average molecular weight is 335 g/mol. The Hall–Kier alpha value is -1.80. The molecule has 0 unspecified atom stereocenters. The van der Waals surface area contributed by atoms with Gasteiger partial charge in [0.15, 0.2) is 0 Å². The first-order chi connectivity index (χ1) is 11.0. The zero-order chi connectivity index (χ0) is 16.4. The van der Waals surface area contributed by atoms with Crippen LogP contribution in [0.2, 0.25) is 0 Å². The van der Waals surface area contributed by atoms with Crippen molar-refractivity contribution >= 4 is 10.0 Å². The number of aromatic nitrogens is 4. The van der Waals surface area contributed by atoms with Crippen LogP contribution in [0.1, 0.15) is 37.9 Å². The first kappa shape index (κ1) is 16.1. The number of aryl methyl sites for hydroxylation is 1. The van der Waals surface area contributed by atoms with Gasteiger partial charge in [0, 0.05) is 31.7 Å². The summed E-state index contributed by atoms with van der Waals surface area (Å²) in [5, 5.41) is 4.33. The zero-order valence-corrected chi connectivity index (χ0v) is 14.2. The molecule has 3 rings (SSSR count). The molecular weight excluding hydrogens is 314 g/mol. The Morgan fingerprint density at radius 2 is 2.04 bits per heavy atom. The molecule has 0 N–H and O–H groups in total. The van der Waals surface area contributed by atoms with Crippen LogP contribution in [0, 0.1) is 0 Å². The summed E-state index contributed by atoms with van der Waals surface area (Å²) in [6.07, 6.45) is 8.82. The molecule has 0 amide bonds. The van der Waals surface area contributed by atoms with Gasteiger partial charge in [0.05, 0.1) is 23.7 Å². The number of hydrogen-bond acceptors (Lipinski definition) is 5. The van der Waals surface area contributed by atoms with Crippen molar-refractivity contribution in [3.63, 3.8) is 0 Å². The number of hydrogen-bond donors (Lipinski definition) is 0. The standard InChI is InChI=1S/C15H21N5O2S/c1-3-10-19-12(6-7-18-19)14-15(17-9-8-16-14)13-5-4-11-20(13)23(2,21)22/h6-9,13H,3-5,10-11H2,1-2H3/t13-/m1/s1. The van der Waals surface area contributed by atoms with Gasteiger partial charge in [-0.2, -0.15) is 9.40 Å². The van der Waals surface area contributed by atoms with Gasteiger partial charge in [-0.25, -0.2) is 8.42 Å². The normalized spacial score (nSPS) is 19.3. The Bertz CT molecular complexity index is 787.